The lowest BCUT2D eigenvalue weighted by atomic mass is 9.90. The number of rotatable bonds is 8. The molecule has 4 rings (SSSR count). The average molecular weight is 546 g/mol. The highest BCUT2D eigenvalue weighted by atomic mass is 19.4. The Labute approximate surface area is 228 Å². The second kappa shape index (κ2) is 12.5. The van der Waals surface area contributed by atoms with Crippen LogP contribution < -0.4 is 4.74 Å². The van der Waals surface area contributed by atoms with Gasteiger partial charge in [0.2, 0.25) is 5.91 Å². The number of benzene rings is 2. The lowest BCUT2D eigenvalue weighted by Crippen LogP contribution is -2.57. The summed E-state index contributed by atoms with van der Waals surface area (Å²) in [6.07, 6.45) is -3.30. The number of alkyl halides is 3. The Bertz CT molecular complexity index is 1100. The quantitative estimate of drug-likeness (QED) is 0.460. The maximum atomic E-state index is 13.2. The molecular weight excluding hydrogens is 507 g/mol. The van der Waals surface area contributed by atoms with E-state index in [0.717, 1.165) is 43.6 Å². The van der Waals surface area contributed by atoms with E-state index in [2.05, 4.69) is 28.4 Å². The minimum Gasteiger partial charge on any atom is -0.406 e. The van der Waals surface area contributed by atoms with Crippen molar-refractivity contribution in [2.24, 2.45) is 11.8 Å². The van der Waals surface area contributed by atoms with Crippen LogP contribution in [-0.4, -0.2) is 78.1 Å². The molecule has 39 heavy (non-hydrogen) atoms. The summed E-state index contributed by atoms with van der Waals surface area (Å²) in [5.41, 5.74) is 1.95. The lowest BCUT2D eigenvalue weighted by molar-refractivity contribution is -0.274. The molecule has 2 saturated heterocycles. The van der Waals surface area contributed by atoms with Crippen LogP contribution in [-0.2, 0) is 9.59 Å². The number of piperidine rings is 1. The zero-order chi connectivity index (χ0) is 28.2. The van der Waals surface area contributed by atoms with Crippen molar-refractivity contribution >= 4 is 11.7 Å². The summed E-state index contributed by atoms with van der Waals surface area (Å²) in [4.78, 5) is 31.4. The Kier molecular flexibility index (Phi) is 9.33. The number of piperazine rings is 1. The second-order valence-corrected chi connectivity index (χ2v) is 11.0. The first kappa shape index (κ1) is 29.1. The van der Waals surface area contributed by atoms with E-state index in [1.54, 1.807) is 19.1 Å². The highest BCUT2D eigenvalue weighted by Crippen LogP contribution is 2.34. The van der Waals surface area contributed by atoms with Gasteiger partial charge in [-0.05, 0) is 42.0 Å². The molecule has 1 amide bonds. The van der Waals surface area contributed by atoms with E-state index < -0.39 is 6.36 Å². The lowest BCUT2D eigenvalue weighted by Gasteiger charge is -2.46. The molecule has 2 aliphatic heterocycles. The van der Waals surface area contributed by atoms with Crippen LogP contribution in [0.3, 0.4) is 0 Å². The molecule has 0 saturated carbocycles. The molecule has 2 fully saturated rings. The highest BCUT2D eigenvalue weighted by molar-refractivity contribution is 5.83. The van der Waals surface area contributed by atoms with E-state index >= 15 is 0 Å². The molecule has 0 aromatic heterocycles. The number of ketones is 1. The Morgan fingerprint density at radius 1 is 0.923 bits per heavy atom. The van der Waals surface area contributed by atoms with Crippen molar-refractivity contribution in [2.75, 3.05) is 39.3 Å². The van der Waals surface area contributed by atoms with Crippen molar-refractivity contribution < 1.29 is 27.5 Å². The maximum absolute atomic E-state index is 13.2. The molecule has 2 aliphatic rings. The van der Waals surface area contributed by atoms with Crippen molar-refractivity contribution in [1.29, 1.82) is 0 Å². The monoisotopic (exact) mass is 545 g/mol. The molecule has 0 radical (unpaired) electrons. The van der Waals surface area contributed by atoms with E-state index in [1.807, 2.05) is 35.2 Å². The van der Waals surface area contributed by atoms with Crippen molar-refractivity contribution in [3.8, 4) is 5.75 Å². The normalized spacial score (nSPS) is 20.7. The van der Waals surface area contributed by atoms with Gasteiger partial charge in [0.15, 0.2) is 0 Å². The zero-order valence-electron chi connectivity index (χ0n) is 22.9. The smallest absolute Gasteiger partial charge is 0.406 e. The number of hydrogen-bond donors (Lipinski definition) is 0. The van der Waals surface area contributed by atoms with Gasteiger partial charge < -0.3 is 9.64 Å². The average Bonchev–Trinajstić information content (AvgIpc) is 2.90. The molecule has 0 N–H and O–H groups in total. The Morgan fingerprint density at radius 2 is 1.54 bits per heavy atom. The largest absolute Gasteiger partial charge is 0.573 e. The third kappa shape index (κ3) is 7.60. The van der Waals surface area contributed by atoms with Gasteiger partial charge in [0.1, 0.15) is 11.5 Å². The van der Waals surface area contributed by atoms with Crippen LogP contribution in [0.2, 0.25) is 0 Å². The minimum absolute atomic E-state index is 0.0130. The number of Topliss-reactive ketones (excluding diaryl/α,β-unsaturated/α-hetero) is 1. The Morgan fingerprint density at radius 3 is 2.10 bits per heavy atom. The molecule has 2 heterocycles. The molecule has 6 nitrogen and oxygen atoms in total. The molecule has 2 atom stereocenters. The minimum atomic E-state index is -4.73. The van der Waals surface area contributed by atoms with Crippen LogP contribution in [0.1, 0.15) is 50.8 Å². The third-order valence-electron chi connectivity index (χ3n) is 8.00. The number of carbonyl (C=O) groups excluding carboxylic acids is 2. The molecule has 1 unspecified atom stereocenters. The fourth-order valence-electron chi connectivity index (χ4n) is 5.88. The number of carbonyl (C=O) groups is 2. The van der Waals surface area contributed by atoms with Crippen molar-refractivity contribution in [2.45, 2.75) is 52.1 Å². The predicted molar refractivity (Wildman–Crippen MR) is 143 cm³/mol. The molecule has 0 spiro atoms. The summed E-state index contributed by atoms with van der Waals surface area (Å²) in [5, 5.41) is 0. The summed E-state index contributed by atoms with van der Waals surface area (Å²) in [7, 11) is 0. The van der Waals surface area contributed by atoms with Gasteiger partial charge in [0, 0.05) is 51.6 Å². The van der Waals surface area contributed by atoms with Crippen molar-refractivity contribution in [3.05, 3.63) is 65.7 Å². The first-order valence-electron chi connectivity index (χ1n) is 13.7. The standard InChI is InChI=1S/C30H38F3N3O3/c1-21(2)27-19-36(18-17-35(27)20-28(38)23-13-15-34(16-14-23)22(3)37)29(24-7-5-4-6-8-24)25-9-11-26(12-10-25)39-30(31,32)33/h4-12,21,23,27,29H,13-20H2,1-3H3/t27-,29?/m1/s1. The fourth-order valence-corrected chi connectivity index (χ4v) is 5.88. The van der Waals surface area contributed by atoms with Crippen molar-refractivity contribution in [3.63, 3.8) is 0 Å². The molecule has 9 heteroatoms. The van der Waals surface area contributed by atoms with Crippen LogP contribution in [0.5, 0.6) is 5.75 Å². The number of amides is 1. The topological polar surface area (TPSA) is 53.1 Å². The molecule has 0 bridgehead atoms. The molecule has 212 valence electrons. The third-order valence-corrected chi connectivity index (χ3v) is 8.00. The van der Waals surface area contributed by atoms with Gasteiger partial charge in [-0.15, -0.1) is 13.2 Å². The number of hydrogen-bond acceptors (Lipinski definition) is 5. The summed E-state index contributed by atoms with van der Waals surface area (Å²) in [6, 6.07) is 16.1. The Balaban J connectivity index is 1.49. The van der Waals surface area contributed by atoms with Crippen LogP contribution in [0, 0.1) is 11.8 Å². The fraction of sp³-hybridized carbons (Fsp3) is 0.533. The van der Waals surface area contributed by atoms with Crippen LogP contribution in [0.4, 0.5) is 13.2 Å². The SMILES string of the molecule is CC(=O)N1CCC(C(=O)CN2CCN(C(c3ccccc3)c3ccc(OC(F)(F)F)cc3)C[C@@H]2C(C)C)CC1. The molecular formula is C30H38F3N3O3. The first-order valence-corrected chi connectivity index (χ1v) is 13.7. The van der Waals surface area contributed by atoms with Gasteiger partial charge in [0.25, 0.3) is 0 Å². The van der Waals surface area contributed by atoms with E-state index in [0.29, 0.717) is 25.6 Å². The van der Waals surface area contributed by atoms with Gasteiger partial charge in [0.05, 0.1) is 12.6 Å². The number of likely N-dealkylation sites (tertiary alicyclic amines) is 1. The Hall–Kier alpha value is -2.91. The molecule has 0 aliphatic carbocycles. The number of ether oxygens (including phenoxy) is 1. The number of nitrogens with zero attached hydrogens (tertiary/aromatic N) is 3. The van der Waals surface area contributed by atoms with Gasteiger partial charge in [-0.2, -0.15) is 0 Å². The first-order chi connectivity index (χ1) is 18.5. The number of halogens is 3. The van der Waals surface area contributed by atoms with Crippen LogP contribution in [0.25, 0.3) is 0 Å². The summed E-state index contributed by atoms with van der Waals surface area (Å²) < 4.78 is 42.2. The van der Waals surface area contributed by atoms with Crippen LogP contribution in [0.15, 0.2) is 54.6 Å². The summed E-state index contributed by atoms with van der Waals surface area (Å²) >= 11 is 0. The van der Waals surface area contributed by atoms with Gasteiger partial charge >= 0.3 is 6.36 Å². The maximum Gasteiger partial charge on any atom is 0.573 e. The summed E-state index contributed by atoms with van der Waals surface area (Å²) in [5.74, 6) is 0.361. The van der Waals surface area contributed by atoms with E-state index in [-0.39, 0.29) is 35.4 Å². The highest BCUT2D eigenvalue weighted by Gasteiger charge is 2.36. The van der Waals surface area contributed by atoms with E-state index in [4.69, 9.17) is 0 Å². The van der Waals surface area contributed by atoms with Crippen molar-refractivity contribution in [1.82, 2.24) is 14.7 Å². The van der Waals surface area contributed by atoms with Gasteiger partial charge in [-0.25, -0.2) is 0 Å². The summed E-state index contributed by atoms with van der Waals surface area (Å²) in [6.45, 7) is 9.75. The zero-order valence-corrected chi connectivity index (χ0v) is 22.9. The van der Waals surface area contributed by atoms with Crippen LogP contribution >= 0.6 is 0 Å². The van der Waals surface area contributed by atoms with Gasteiger partial charge in [-0.3, -0.25) is 19.4 Å². The van der Waals surface area contributed by atoms with E-state index in [9.17, 15) is 22.8 Å². The second-order valence-electron chi connectivity index (χ2n) is 11.0. The van der Waals surface area contributed by atoms with E-state index in [1.165, 1.54) is 12.1 Å². The molecule has 2 aromatic rings. The molecule has 2 aromatic carbocycles. The van der Waals surface area contributed by atoms with Gasteiger partial charge in [-0.1, -0.05) is 56.3 Å². The predicted octanol–water partition coefficient (Wildman–Crippen LogP) is 5.14.